The molecular weight excluding hydrogens is 215 g/mol. The quantitative estimate of drug-likeness (QED) is 0.805. The Balaban J connectivity index is 2.65. The highest BCUT2D eigenvalue weighted by atomic mass is 35.5. The zero-order valence-electron chi connectivity index (χ0n) is 7.74. The molecule has 0 bridgehead atoms. The first-order chi connectivity index (χ1) is 7.20. The molecule has 2 aromatic rings. The molecule has 0 aliphatic carbocycles. The van der Waals surface area contributed by atoms with Crippen LogP contribution in [0, 0.1) is 5.82 Å². The van der Waals surface area contributed by atoms with Crippen molar-refractivity contribution in [2.45, 2.75) is 0 Å². The molecule has 0 fully saturated rings. The van der Waals surface area contributed by atoms with E-state index in [2.05, 4.69) is 4.98 Å². The zero-order valence-corrected chi connectivity index (χ0v) is 8.50. The molecule has 1 aromatic heterocycles. The molecule has 0 radical (unpaired) electrons. The van der Waals surface area contributed by atoms with Gasteiger partial charge < -0.3 is 5.73 Å². The Kier molecular flexibility index (Phi) is 2.56. The Bertz CT molecular complexity index is 500. The number of benzene rings is 1. The summed E-state index contributed by atoms with van der Waals surface area (Å²) in [4.78, 5) is 4.03. The van der Waals surface area contributed by atoms with Crippen LogP contribution in [0.3, 0.4) is 0 Å². The number of hydrogen-bond donors (Lipinski definition) is 1. The minimum atomic E-state index is -0.496. The van der Waals surface area contributed by atoms with Gasteiger partial charge in [0.2, 0.25) is 0 Å². The number of halogens is 2. The molecule has 15 heavy (non-hydrogen) atoms. The van der Waals surface area contributed by atoms with E-state index in [9.17, 15) is 4.39 Å². The molecule has 0 saturated heterocycles. The van der Waals surface area contributed by atoms with E-state index >= 15 is 0 Å². The number of pyridine rings is 1. The van der Waals surface area contributed by atoms with Crippen LogP contribution in [-0.4, -0.2) is 4.98 Å². The van der Waals surface area contributed by atoms with E-state index in [1.807, 2.05) is 0 Å². The first-order valence-electron chi connectivity index (χ1n) is 4.35. The fraction of sp³-hybridized carbons (Fsp3) is 0. The van der Waals surface area contributed by atoms with Crippen LogP contribution in [0.25, 0.3) is 11.3 Å². The van der Waals surface area contributed by atoms with Gasteiger partial charge in [0.05, 0.1) is 16.4 Å². The fourth-order valence-corrected chi connectivity index (χ4v) is 1.50. The lowest BCUT2D eigenvalue weighted by Crippen LogP contribution is -1.94. The van der Waals surface area contributed by atoms with Crippen LogP contribution in [0.4, 0.5) is 10.1 Å². The lowest BCUT2D eigenvalue weighted by atomic mass is 10.1. The highest BCUT2D eigenvalue weighted by Gasteiger charge is 2.11. The first-order valence-corrected chi connectivity index (χ1v) is 4.73. The van der Waals surface area contributed by atoms with E-state index in [4.69, 9.17) is 17.3 Å². The SMILES string of the molecule is Nc1cccnc1-c1cccc(Cl)c1F. The van der Waals surface area contributed by atoms with Crippen molar-refractivity contribution in [2.24, 2.45) is 0 Å². The van der Waals surface area contributed by atoms with Gasteiger partial charge in [0.25, 0.3) is 0 Å². The summed E-state index contributed by atoms with van der Waals surface area (Å²) >= 11 is 5.67. The molecule has 0 spiro atoms. The lowest BCUT2D eigenvalue weighted by molar-refractivity contribution is 0.631. The number of aromatic nitrogens is 1. The number of nitrogen functional groups attached to an aromatic ring is 1. The van der Waals surface area contributed by atoms with E-state index in [1.54, 1.807) is 30.5 Å². The maximum absolute atomic E-state index is 13.6. The molecule has 2 N–H and O–H groups in total. The van der Waals surface area contributed by atoms with Crippen molar-refractivity contribution in [1.29, 1.82) is 0 Å². The highest BCUT2D eigenvalue weighted by molar-refractivity contribution is 6.31. The molecule has 76 valence electrons. The van der Waals surface area contributed by atoms with Gasteiger partial charge in [0.15, 0.2) is 5.82 Å². The van der Waals surface area contributed by atoms with Crippen molar-refractivity contribution in [3.8, 4) is 11.3 Å². The number of nitrogens with two attached hydrogens (primary N) is 1. The van der Waals surface area contributed by atoms with Gasteiger partial charge in [-0.3, -0.25) is 4.98 Å². The zero-order chi connectivity index (χ0) is 10.8. The van der Waals surface area contributed by atoms with E-state index < -0.39 is 5.82 Å². The molecule has 2 rings (SSSR count). The van der Waals surface area contributed by atoms with Gasteiger partial charge in [-0.15, -0.1) is 0 Å². The topological polar surface area (TPSA) is 38.9 Å². The van der Waals surface area contributed by atoms with Gasteiger partial charge in [-0.05, 0) is 24.3 Å². The number of hydrogen-bond acceptors (Lipinski definition) is 2. The average molecular weight is 223 g/mol. The van der Waals surface area contributed by atoms with Crippen LogP contribution < -0.4 is 5.73 Å². The third-order valence-corrected chi connectivity index (χ3v) is 2.34. The average Bonchev–Trinajstić information content (AvgIpc) is 2.23. The van der Waals surface area contributed by atoms with Crippen LogP contribution in [0.1, 0.15) is 0 Å². The van der Waals surface area contributed by atoms with Crippen molar-refractivity contribution in [2.75, 3.05) is 5.73 Å². The molecule has 1 heterocycles. The third kappa shape index (κ3) is 1.78. The van der Waals surface area contributed by atoms with Crippen LogP contribution >= 0.6 is 11.6 Å². The second kappa shape index (κ2) is 3.87. The van der Waals surface area contributed by atoms with Gasteiger partial charge in [0.1, 0.15) is 0 Å². The Morgan fingerprint density at radius 1 is 1.20 bits per heavy atom. The second-order valence-corrected chi connectivity index (χ2v) is 3.45. The summed E-state index contributed by atoms with van der Waals surface area (Å²) in [5, 5.41) is 0.0672. The van der Waals surface area contributed by atoms with Gasteiger partial charge in [-0.2, -0.15) is 0 Å². The Labute approximate surface area is 91.5 Å². The van der Waals surface area contributed by atoms with E-state index in [0.29, 0.717) is 16.9 Å². The molecule has 0 atom stereocenters. The van der Waals surface area contributed by atoms with Gasteiger partial charge in [0, 0.05) is 11.8 Å². The maximum Gasteiger partial charge on any atom is 0.151 e. The van der Waals surface area contributed by atoms with Crippen LogP contribution in [0.2, 0.25) is 5.02 Å². The van der Waals surface area contributed by atoms with Crippen LogP contribution in [0.5, 0.6) is 0 Å². The molecule has 0 unspecified atom stereocenters. The molecule has 1 aromatic carbocycles. The van der Waals surface area contributed by atoms with Crippen molar-refractivity contribution >= 4 is 17.3 Å². The fourth-order valence-electron chi connectivity index (χ4n) is 1.33. The largest absolute Gasteiger partial charge is 0.397 e. The summed E-state index contributed by atoms with van der Waals surface area (Å²) in [5.74, 6) is -0.496. The predicted octanol–water partition coefficient (Wildman–Crippen LogP) is 3.12. The van der Waals surface area contributed by atoms with Crippen molar-refractivity contribution in [3.05, 3.63) is 47.4 Å². The monoisotopic (exact) mass is 222 g/mol. The van der Waals surface area contributed by atoms with Gasteiger partial charge in [-0.1, -0.05) is 17.7 Å². The first kappa shape index (κ1) is 9.93. The summed E-state index contributed by atoms with van der Waals surface area (Å²) in [5.41, 5.74) is 6.86. The van der Waals surface area contributed by atoms with E-state index in [-0.39, 0.29) is 5.02 Å². The number of nitrogens with zero attached hydrogens (tertiary/aromatic N) is 1. The number of anilines is 1. The normalized spacial score (nSPS) is 10.3. The van der Waals surface area contributed by atoms with E-state index in [1.165, 1.54) is 6.07 Å². The smallest absolute Gasteiger partial charge is 0.151 e. The molecule has 0 saturated carbocycles. The molecule has 0 aliphatic heterocycles. The lowest BCUT2D eigenvalue weighted by Gasteiger charge is -2.06. The summed E-state index contributed by atoms with van der Waals surface area (Å²) in [6.07, 6.45) is 1.56. The van der Waals surface area contributed by atoms with Crippen molar-refractivity contribution < 1.29 is 4.39 Å². The minimum Gasteiger partial charge on any atom is -0.397 e. The summed E-state index contributed by atoms with van der Waals surface area (Å²) in [6.45, 7) is 0. The summed E-state index contributed by atoms with van der Waals surface area (Å²) < 4.78 is 13.6. The van der Waals surface area contributed by atoms with E-state index in [0.717, 1.165) is 0 Å². The molecule has 4 heteroatoms. The third-order valence-electron chi connectivity index (χ3n) is 2.05. The molecule has 0 amide bonds. The maximum atomic E-state index is 13.6. The number of rotatable bonds is 1. The van der Waals surface area contributed by atoms with Crippen molar-refractivity contribution in [1.82, 2.24) is 4.98 Å². The van der Waals surface area contributed by atoms with Crippen LogP contribution in [-0.2, 0) is 0 Å². The van der Waals surface area contributed by atoms with Gasteiger partial charge >= 0.3 is 0 Å². The van der Waals surface area contributed by atoms with Crippen LogP contribution in [0.15, 0.2) is 36.5 Å². The van der Waals surface area contributed by atoms with Crippen molar-refractivity contribution in [3.63, 3.8) is 0 Å². The molecule has 2 nitrogen and oxygen atoms in total. The summed E-state index contributed by atoms with van der Waals surface area (Å²) in [7, 11) is 0. The predicted molar refractivity (Wildman–Crippen MR) is 59.1 cm³/mol. The second-order valence-electron chi connectivity index (χ2n) is 3.04. The highest BCUT2D eigenvalue weighted by Crippen LogP contribution is 2.29. The Morgan fingerprint density at radius 2 is 2.00 bits per heavy atom. The summed E-state index contributed by atoms with van der Waals surface area (Å²) in [6, 6.07) is 8.11. The Morgan fingerprint density at radius 3 is 2.73 bits per heavy atom. The van der Waals surface area contributed by atoms with Gasteiger partial charge in [-0.25, -0.2) is 4.39 Å². The standard InChI is InChI=1S/C11H8ClFN2/c12-8-4-1-3-7(10(8)13)11-9(14)5-2-6-15-11/h1-6H,14H2. The molecule has 0 aliphatic rings. The minimum absolute atomic E-state index is 0.0672. The Hall–Kier alpha value is -1.61. The molecular formula is C11H8ClFN2.